The number of carbonyl (C=O) groups excluding carboxylic acids is 1. The summed E-state index contributed by atoms with van der Waals surface area (Å²) in [5, 5.41) is 2.51. The predicted molar refractivity (Wildman–Crippen MR) is 83.0 cm³/mol. The molecule has 0 saturated carbocycles. The van der Waals surface area contributed by atoms with Crippen LogP contribution in [0.5, 0.6) is 11.5 Å². The molecule has 0 spiro atoms. The van der Waals surface area contributed by atoms with Crippen LogP contribution in [0.25, 0.3) is 0 Å². The zero-order valence-electron chi connectivity index (χ0n) is 12.9. The molecule has 0 unspecified atom stereocenters. The van der Waals surface area contributed by atoms with Crippen molar-refractivity contribution in [1.82, 2.24) is 0 Å². The van der Waals surface area contributed by atoms with Gasteiger partial charge >= 0.3 is 6.61 Å². The molecular weight excluding hydrogens is 323 g/mol. The zero-order chi connectivity index (χ0) is 17.5. The highest BCUT2D eigenvalue weighted by atomic mass is 19.3. The highest BCUT2D eigenvalue weighted by Gasteiger charge is 2.12. The number of rotatable bonds is 7. The molecule has 1 N–H and O–H groups in total. The van der Waals surface area contributed by atoms with Crippen LogP contribution in [-0.2, 0) is 11.2 Å². The minimum Gasteiger partial charge on any atom is -0.494 e. The molecule has 0 atom stereocenters. The van der Waals surface area contributed by atoms with E-state index in [9.17, 15) is 18.0 Å². The Hall–Kier alpha value is -2.70. The average Bonchev–Trinajstić information content (AvgIpc) is 2.54. The highest BCUT2D eigenvalue weighted by molar-refractivity contribution is 5.92. The Kier molecular flexibility index (Phi) is 6.06. The number of anilines is 1. The topological polar surface area (TPSA) is 47.6 Å². The molecule has 4 nitrogen and oxygen atoms in total. The van der Waals surface area contributed by atoms with Gasteiger partial charge in [0, 0.05) is 6.42 Å². The van der Waals surface area contributed by atoms with E-state index < -0.39 is 18.3 Å². The van der Waals surface area contributed by atoms with E-state index in [-0.39, 0.29) is 23.6 Å². The average molecular weight is 339 g/mol. The third kappa shape index (κ3) is 4.91. The second kappa shape index (κ2) is 8.24. The van der Waals surface area contributed by atoms with Crippen LogP contribution in [0.3, 0.4) is 0 Å². The minimum atomic E-state index is -2.98. The lowest BCUT2D eigenvalue weighted by atomic mass is 10.1. The van der Waals surface area contributed by atoms with Crippen LogP contribution in [0.15, 0.2) is 42.5 Å². The standard InChI is InChI=1S/C17H16F3NO3/c1-23-14-8-6-11(10-12(14)18)7-9-16(22)21-13-4-2-3-5-15(13)24-17(19)20/h2-6,8,10,17H,7,9H2,1H3,(H,21,22). The Balaban J connectivity index is 1.95. The number of amides is 1. The lowest BCUT2D eigenvalue weighted by molar-refractivity contribution is -0.116. The van der Waals surface area contributed by atoms with Crippen molar-refractivity contribution in [3.8, 4) is 11.5 Å². The van der Waals surface area contributed by atoms with Gasteiger partial charge in [0.15, 0.2) is 11.6 Å². The fourth-order valence-corrected chi connectivity index (χ4v) is 2.10. The van der Waals surface area contributed by atoms with Crippen molar-refractivity contribution >= 4 is 11.6 Å². The second-order valence-corrected chi connectivity index (χ2v) is 4.89. The molecule has 2 aromatic rings. The molecule has 128 valence electrons. The molecule has 1 amide bonds. The first-order chi connectivity index (χ1) is 11.5. The van der Waals surface area contributed by atoms with Crippen LogP contribution in [0.2, 0.25) is 0 Å². The van der Waals surface area contributed by atoms with E-state index in [0.29, 0.717) is 12.0 Å². The SMILES string of the molecule is COc1ccc(CCC(=O)Nc2ccccc2OC(F)F)cc1F. The Labute approximate surface area is 137 Å². The molecule has 0 fully saturated rings. The van der Waals surface area contributed by atoms with E-state index in [4.69, 9.17) is 4.74 Å². The van der Waals surface area contributed by atoms with Crippen molar-refractivity contribution in [1.29, 1.82) is 0 Å². The number of methoxy groups -OCH3 is 1. The number of aryl methyl sites for hydroxylation is 1. The number of hydrogen-bond acceptors (Lipinski definition) is 3. The third-order valence-corrected chi connectivity index (χ3v) is 3.23. The fourth-order valence-electron chi connectivity index (χ4n) is 2.10. The van der Waals surface area contributed by atoms with Crippen molar-refractivity contribution in [3.05, 3.63) is 53.8 Å². The van der Waals surface area contributed by atoms with E-state index in [1.807, 2.05) is 0 Å². The molecule has 0 aliphatic rings. The number of carbonyl (C=O) groups is 1. The van der Waals surface area contributed by atoms with E-state index in [2.05, 4.69) is 10.1 Å². The quantitative estimate of drug-likeness (QED) is 0.829. The largest absolute Gasteiger partial charge is 0.494 e. The second-order valence-electron chi connectivity index (χ2n) is 4.89. The summed E-state index contributed by atoms with van der Waals surface area (Å²) in [6, 6.07) is 10.3. The Morgan fingerprint density at radius 1 is 1.17 bits per heavy atom. The maximum absolute atomic E-state index is 13.6. The summed E-state index contributed by atoms with van der Waals surface area (Å²) >= 11 is 0. The van der Waals surface area contributed by atoms with Gasteiger partial charge in [0.25, 0.3) is 0 Å². The molecule has 2 rings (SSSR count). The maximum Gasteiger partial charge on any atom is 0.387 e. The maximum atomic E-state index is 13.6. The van der Waals surface area contributed by atoms with Crippen LogP contribution >= 0.6 is 0 Å². The van der Waals surface area contributed by atoms with E-state index in [1.54, 1.807) is 12.1 Å². The van der Waals surface area contributed by atoms with Gasteiger partial charge in [0.1, 0.15) is 5.75 Å². The van der Waals surface area contributed by atoms with Gasteiger partial charge in [0.2, 0.25) is 5.91 Å². The Bertz CT molecular complexity index is 707. The van der Waals surface area contributed by atoms with E-state index in [1.165, 1.54) is 37.4 Å². The number of alkyl halides is 2. The van der Waals surface area contributed by atoms with Gasteiger partial charge in [-0.05, 0) is 36.2 Å². The van der Waals surface area contributed by atoms with Crippen molar-refractivity contribution in [3.63, 3.8) is 0 Å². The summed E-state index contributed by atoms with van der Waals surface area (Å²) < 4.78 is 47.4. The van der Waals surface area contributed by atoms with Gasteiger partial charge in [-0.25, -0.2) is 4.39 Å². The lowest BCUT2D eigenvalue weighted by Gasteiger charge is -2.11. The summed E-state index contributed by atoms with van der Waals surface area (Å²) in [4.78, 5) is 12.0. The van der Waals surface area contributed by atoms with Crippen LogP contribution < -0.4 is 14.8 Å². The van der Waals surface area contributed by atoms with Crippen LogP contribution in [0.4, 0.5) is 18.9 Å². The first kappa shape index (κ1) is 17.7. The van der Waals surface area contributed by atoms with Gasteiger partial charge in [0.05, 0.1) is 12.8 Å². The number of ether oxygens (including phenoxy) is 2. The molecule has 0 aliphatic heterocycles. The first-order valence-electron chi connectivity index (χ1n) is 7.15. The normalized spacial score (nSPS) is 10.5. The number of nitrogens with one attached hydrogen (secondary N) is 1. The smallest absolute Gasteiger partial charge is 0.387 e. The number of halogens is 3. The lowest BCUT2D eigenvalue weighted by Crippen LogP contribution is -2.14. The number of benzene rings is 2. The molecule has 2 aromatic carbocycles. The molecule has 0 radical (unpaired) electrons. The fraction of sp³-hybridized carbons (Fsp3) is 0.235. The van der Waals surface area contributed by atoms with Crippen molar-refractivity contribution in [2.75, 3.05) is 12.4 Å². The summed E-state index contributed by atoms with van der Waals surface area (Å²) in [5.41, 5.74) is 0.782. The number of hydrogen-bond donors (Lipinski definition) is 1. The molecule has 0 heterocycles. The highest BCUT2D eigenvalue weighted by Crippen LogP contribution is 2.26. The Morgan fingerprint density at radius 3 is 2.58 bits per heavy atom. The monoisotopic (exact) mass is 339 g/mol. The number of para-hydroxylation sites is 2. The van der Waals surface area contributed by atoms with Crippen LogP contribution in [-0.4, -0.2) is 19.6 Å². The summed E-state index contributed by atoms with van der Waals surface area (Å²) in [6.07, 6.45) is 0.361. The van der Waals surface area contributed by atoms with Crippen LogP contribution in [0.1, 0.15) is 12.0 Å². The van der Waals surface area contributed by atoms with Crippen LogP contribution in [0, 0.1) is 5.82 Å². The third-order valence-electron chi connectivity index (χ3n) is 3.23. The first-order valence-corrected chi connectivity index (χ1v) is 7.15. The van der Waals surface area contributed by atoms with Gasteiger partial charge in [-0.1, -0.05) is 18.2 Å². The molecule has 0 bridgehead atoms. The molecule has 24 heavy (non-hydrogen) atoms. The van der Waals surface area contributed by atoms with Crippen molar-refractivity contribution in [2.24, 2.45) is 0 Å². The molecule has 0 aliphatic carbocycles. The Morgan fingerprint density at radius 2 is 1.92 bits per heavy atom. The summed E-state index contributed by atoms with van der Waals surface area (Å²) in [7, 11) is 1.37. The minimum absolute atomic E-state index is 0.0643. The van der Waals surface area contributed by atoms with Gasteiger partial charge in [-0.2, -0.15) is 8.78 Å². The van der Waals surface area contributed by atoms with E-state index >= 15 is 0 Å². The van der Waals surface area contributed by atoms with Gasteiger partial charge in [-0.15, -0.1) is 0 Å². The molecule has 0 aromatic heterocycles. The zero-order valence-corrected chi connectivity index (χ0v) is 12.9. The van der Waals surface area contributed by atoms with Gasteiger partial charge in [-0.3, -0.25) is 4.79 Å². The molecule has 0 saturated heterocycles. The summed E-state index contributed by atoms with van der Waals surface area (Å²) in [6.45, 7) is -2.98. The predicted octanol–water partition coefficient (Wildman–Crippen LogP) is 4.01. The molecule has 7 heteroatoms. The molecular formula is C17H16F3NO3. The van der Waals surface area contributed by atoms with E-state index in [0.717, 1.165) is 0 Å². The summed E-state index contributed by atoms with van der Waals surface area (Å²) in [5.74, 6) is -0.889. The van der Waals surface area contributed by atoms with Crippen molar-refractivity contribution < 1.29 is 27.4 Å². The van der Waals surface area contributed by atoms with Crippen molar-refractivity contribution in [2.45, 2.75) is 19.5 Å². The van der Waals surface area contributed by atoms with Gasteiger partial charge < -0.3 is 14.8 Å².